The van der Waals surface area contributed by atoms with Crippen molar-refractivity contribution in [3.05, 3.63) is 0 Å². The summed E-state index contributed by atoms with van der Waals surface area (Å²) in [5.41, 5.74) is 0. The van der Waals surface area contributed by atoms with Crippen molar-refractivity contribution in [2.24, 2.45) is 11.8 Å². The van der Waals surface area contributed by atoms with E-state index < -0.39 is 24.0 Å². The normalized spacial score (nSPS) is 20.9. The van der Waals surface area contributed by atoms with E-state index in [-0.39, 0.29) is 18.0 Å². The molecule has 0 aromatic rings. The number of unbranched alkanes of at least 4 members (excludes halogenated alkanes) is 11. The van der Waals surface area contributed by atoms with Crippen LogP contribution in [0.15, 0.2) is 0 Å². The van der Waals surface area contributed by atoms with Crippen LogP contribution in [-0.4, -0.2) is 36.6 Å². The second-order valence-corrected chi connectivity index (χ2v) is 10.8. The quantitative estimate of drug-likeness (QED) is 0.107. The fourth-order valence-corrected chi connectivity index (χ4v) is 4.98. The van der Waals surface area contributed by atoms with Gasteiger partial charge < -0.3 is 14.8 Å². The maximum Gasteiger partial charge on any atom is 0.328 e. The first-order chi connectivity index (χ1) is 16.9. The van der Waals surface area contributed by atoms with Gasteiger partial charge in [-0.15, -0.1) is 0 Å². The second kappa shape index (κ2) is 19.6. The molecule has 1 fully saturated rings. The predicted octanol–water partition coefficient (Wildman–Crippen LogP) is 6.88. The van der Waals surface area contributed by atoms with Crippen molar-refractivity contribution in [2.75, 3.05) is 0 Å². The lowest BCUT2D eigenvalue weighted by molar-refractivity contribution is -0.181. The fourth-order valence-electron chi connectivity index (χ4n) is 4.98. The van der Waals surface area contributed by atoms with Gasteiger partial charge in [0.15, 0.2) is 0 Å². The molecule has 1 rings (SSSR count). The molecule has 1 amide bonds. The van der Waals surface area contributed by atoms with Crippen molar-refractivity contribution in [3.63, 3.8) is 0 Å². The third-order valence-corrected chi connectivity index (χ3v) is 7.06. The number of hydrogen-bond donors (Lipinski definition) is 1. The molecule has 1 heterocycles. The molecule has 35 heavy (non-hydrogen) atoms. The summed E-state index contributed by atoms with van der Waals surface area (Å²) >= 11 is 0. The first kappa shape index (κ1) is 31.4. The molecule has 6 nitrogen and oxygen atoms in total. The van der Waals surface area contributed by atoms with Gasteiger partial charge in [-0.1, -0.05) is 105 Å². The van der Waals surface area contributed by atoms with Gasteiger partial charge in [0.2, 0.25) is 6.41 Å². The lowest BCUT2D eigenvalue weighted by Crippen LogP contribution is -2.47. The highest BCUT2D eigenvalue weighted by molar-refractivity contribution is 5.79. The highest BCUT2D eigenvalue weighted by Crippen LogP contribution is 2.31. The monoisotopic (exact) mass is 495 g/mol. The molecule has 1 aliphatic heterocycles. The number of cyclic esters (lactones) is 1. The number of nitrogens with one attached hydrogen (secondary N) is 1. The van der Waals surface area contributed by atoms with Gasteiger partial charge in [0, 0.05) is 6.42 Å². The van der Waals surface area contributed by atoms with Crippen LogP contribution in [0.5, 0.6) is 0 Å². The lowest BCUT2D eigenvalue weighted by atomic mass is 9.87. The van der Waals surface area contributed by atoms with Crippen LogP contribution in [0.3, 0.4) is 0 Å². The molecule has 1 saturated heterocycles. The van der Waals surface area contributed by atoms with Crippen molar-refractivity contribution in [1.82, 2.24) is 5.32 Å². The number of rotatable bonds is 21. The van der Waals surface area contributed by atoms with Crippen LogP contribution >= 0.6 is 0 Å². The largest absolute Gasteiger partial charge is 0.462 e. The molecule has 204 valence electrons. The molecule has 0 aromatic heterocycles. The Hall–Kier alpha value is -1.59. The van der Waals surface area contributed by atoms with Gasteiger partial charge in [-0.25, -0.2) is 4.79 Å². The zero-order valence-corrected chi connectivity index (χ0v) is 23.0. The van der Waals surface area contributed by atoms with Gasteiger partial charge in [-0.3, -0.25) is 9.59 Å². The molecule has 0 aromatic carbocycles. The maximum atomic E-state index is 12.9. The van der Waals surface area contributed by atoms with E-state index >= 15 is 0 Å². The summed E-state index contributed by atoms with van der Waals surface area (Å²) in [5, 5.41) is 2.60. The molecule has 4 atom stereocenters. The Labute approximate surface area is 214 Å². The van der Waals surface area contributed by atoms with Crippen LogP contribution in [-0.2, 0) is 23.9 Å². The number of amides is 1. The third kappa shape index (κ3) is 13.9. The fraction of sp³-hybridized carbons (Fsp3) is 0.897. The molecule has 0 bridgehead atoms. The highest BCUT2D eigenvalue weighted by Gasteiger charge is 2.41. The second-order valence-electron chi connectivity index (χ2n) is 10.8. The van der Waals surface area contributed by atoms with E-state index in [0.29, 0.717) is 25.7 Å². The summed E-state index contributed by atoms with van der Waals surface area (Å²) < 4.78 is 11.7. The summed E-state index contributed by atoms with van der Waals surface area (Å²) in [6, 6.07) is -0.679. The molecular formula is C29H53NO5. The van der Waals surface area contributed by atoms with Gasteiger partial charge in [-0.05, 0) is 31.6 Å². The van der Waals surface area contributed by atoms with E-state index in [1.165, 1.54) is 44.9 Å². The van der Waals surface area contributed by atoms with Crippen LogP contribution in [0, 0.1) is 11.8 Å². The Morgan fingerprint density at radius 2 is 1.49 bits per heavy atom. The van der Waals surface area contributed by atoms with Gasteiger partial charge >= 0.3 is 11.9 Å². The van der Waals surface area contributed by atoms with Crippen LogP contribution in [0.4, 0.5) is 0 Å². The van der Waals surface area contributed by atoms with Crippen LogP contribution in [0.1, 0.15) is 137 Å². The van der Waals surface area contributed by atoms with Crippen molar-refractivity contribution in [2.45, 2.75) is 155 Å². The summed E-state index contributed by atoms with van der Waals surface area (Å²) in [6.07, 6.45) is 18.0. The lowest BCUT2D eigenvalue weighted by Gasteiger charge is -2.35. The molecule has 0 aliphatic carbocycles. The molecule has 0 spiro atoms. The highest BCUT2D eigenvalue weighted by atomic mass is 16.6. The molecule has 2 unspecified atom stereocenters. The van der Waals surface area contributed by atoms with Crippen LogP contribution in [0.2, 0.25) is 0 Å². The topological polar surface area (TPSA) is 81.7 Å². The summed E-state index contributed by atoms with van der Waals surface area (Å²) in [4.78, 5) is 36.8. The predicted molar refractivity (Wildman–Crippen MR) is 141 cm³/mol. The first-order valence-corrected chi connectivity index (χ1v) is 14.5. The summed E-state index contributed by atoms with van der Waals surface area (Å²) in [6.45, 7) is 8.40. The Morgan fingerprint density at radius 1 is 0.943 bits per heavy atom. The van der Waals surface area contributed by atoms with Crippen molar-refractivity contribution >= 4 is 18.3 Å². The minimum absolute atomic E-state index is 0.195. The standard InChI is InChI=1S/C29H53NO5/c1-5-7-9-11-12-13-14-15-16-18-24-21-27(25(28(32)34-24)19-17-10-8-6-2)35-29(33)26(30-22-31)20-23(3)4/h22-27H,5-21H2,1-4H3,(H,30,31)/t24?,25?,26-,27+/m0/s1. The van der Waals surface area contributed by atoms with E-state index in [1.54, 1.807) is 0 Å². The van der Waals surface area contributed by atoms with E-state index in [2.05, 4.69) is 19.2 Å². The molecular weight excluding hydrogens is 442 g/mol. The SMILES string of the molecule is CCCCCCCCCCCC1C[C@@H](OC(=O)[C@H](CC(C)C)NC=O)C(CCCCCC)C(=O)O1. The maximum absolute atomic E-state index is 12.9. The van der Waals surface area contributed by atoms with E-state index in [0.717, 1.165) is 44.9 Å². The van der Waals surface area contributed by atoms with Crippen molar-refractivity contribution < 1.29 is 23.9 Å². The number of ether oxygens (including phenoxy) is 2. The molecule has 0 radical (unpaired) electrons. The minimum atomic E-state index is -0.679. The van der Waals surface area contributed by atoms with E-state index in [4.69, 9.17) is 9.47 Å². The van der Waals surface area contributed by atoms with Gasteiger partial charge in [0.25, 0.3) is 0 Å². The first-order valence-electron chi connectivity index (χ1n) is 14.5. The van der Waals surface area contributed by atoms with Crippen LogP contribution < -0.4 is 5.32 Å². The van der Waals surface area contributed by atoms with Crippen molar-refractivity contribution in [1.29, 1.82) is 0 Å². The minimum Gasteiger partial charge on any atom is -0.462 e. The van der Waals surface area contributed by atoms with Gasteiger partial charge in [0.1, 0.15) is 18.2 Å². The number of carbonyl (C=O) groups excluding carboxylic acids is 3. The molecule has 0 saturated carbocycles. The van der Waals surface area contributed by atoms with Gasteiger partial charge in [-0.2, -0.15) is 0 Å². The smallest absolute Gasteiger partial charge is 0.328 e. The zero-order valence-electron chi connectivity index (χ0n) is 23.0. The number of hydrogen-bond acceptors (Lipinski definition) is 5. The Balaban J connectivity index is 2.61. The number of esters is 2. The average Bonchev–Trinajstić information content (AvgIpc) is 2.81. The Morgan fingerprint density at radius 3 is 2.06 bits per heavy atom. The number of carbonyl (C=O) groups is 3. The zero-order chi connectivity index (χ0) is 25.9. The van der Waals surface area contributed by atoms with Gasteiger partial charge in [0.05, 0.1) is 5.92 Å². The van der Waals surface area contributed by atoms with E-state index in [1.807, 2.05) is 13.8 Å². The third-order valence-electron chi connectivity index (χ3n) is 7.06. The van der Waals surface area contributed by atoms with Crippen LogP contribution in [0.25, 0.3) is 0 Å². The Bertz CT molecular complexity index is 579. The molecule has 1 N–H and O–H groups in total. The average molecular weight is 496 g/mol. The molecule has 6 heteroatoms. The molecule has 1 aliphatic rings. The Kier molecular flexibility index (Phi) is 17.6. The summed E-state index contributed by atoms with van der Waals surface area (Å²) in [7, 11) is 0. The van der Waals surface area contributed by atoms with E-state index in [9.17, 15) is 14.4 Å². The van der Waals surface area contributed by atoms with Crippen molar-refractivity contribution in [3.8, 4) is 0 Å². The summed E-state index contributed by atoms with van der Waals surface area (Å²) in [5.74, 6) is -0.840.